The van der Waals surface area contributed by atoms with Crippen molar-refractivity contribution in [3.8, 4) is 5.75 Å². The maximum absolute atomic E-state index is 13.2. The van der Waals surface area contributed by atoms with Crippen molar-refractivity contribution >= 4 is 0 Å². The molecule has 0 bridgehead atoms. The monoisotopic (exact) mass is 183 g/mol. The van der Waals surface area contributed by atoms with Crippen molar-refractivity contribution in [3.63, 3.8) is 0 Å². The minimum Gasteiger partial charge on any atom is -0.505 e. The Morgan fingerprint density at radius 1 is 1.54 bits per heavy atom. The smallest absolute Gasteiger partial charge is 0.169 e. The average molecular weight is 183 g/mol. The molecule has 72 valence electrons. The van der Waals surface area contributed by atoms with Crippen LogP contribution >= 0.6 is 0 Å². The van der Waals surface area contributed by atoms with E-state index in [4.69, 9.17) is 10.8 Å². The van der Waals surface area contributed by atoms with Crippen LogP contribution in [0.2, 0.25) is 0 Å². The van der Waals surface area contributed by atoms with Crippen LogP contribution in [0.5, 0.6) is 5.75 Å². The molecular formula is C10H14FNO. The highest BCUT2D eigenvalue weighted by atomic mass is 19.1. The number of halogens is 1. The van der Waals surface area contributed by atoms with Gasteiger partial charge in [0.2, 0.25) is 0 Å². The molecule has 0 saturated heterocycles. The van der Waals surface area contributed by atoms with Gasteiger partial charge in [-0.1, -0.05) is 25.5 Å². The van der Waals surface area contributed by atoms with E-state index in [0.717, 1.165) is 12.8 Å². The third-order valence-corrected chi connectivity index (χ3v) is 2.01. The van der Waals surface area contributed by atoms with Gasteiger partial charge >= 0.3 is 0 Å². The van der Waals surface area contributed by atoms with Crippen molar-refractivity contribution in [1.29, 1.82) is 0 Å². The molecule has 0 saturated carbocycles. The first-order valence-electron chi connectivity index (χ1n) is 4.39. The van der Waals surface area contributed by atoms with Crippen LogP contribution in [0.4, 0.5) is 4.39 Å². The molecule has 0 spiro atoms. The zero-order valence-electron chi connectivity index (χ0n) is 7.63. The molecule has 0 aliphatic carbocycles. The van der Waals surface area contributed by atoms with Crippen LogP contribution in [0.25, 0.3) is 0 Å². The predicted molar refractivity (Wildman–Crippen MR) is 49.9 cm³/mol. The summed E-state index contributed by atoms with van der Waals surface area (Å²) in [5.74, 6) is -0.924. The van der Waals surface area contributed by atoms with Crippen LogP contribution in [0, 0.1) is 5.82 Å². The maximum Gasteiger partial charge on any atom is 0.169 e. The van der Waals surface area contributed by atoms with E-state index in [-0.39, 0.29) is 11.8 Å². The van der Waals surface area contributed by atoms with E-state index in [1.54, 1.807) is 12.1 Å². The zero-order valence-corrected chi connectivity index (χ0v) is 7.63. The summed E-state index contributed by atoms with van der Waals surface area (Å²) in [6.07, 6.45) is 1.62. The Morgan fingerprint density at radius 2 is 2.23 bits per heavy atom. The topological polar surface area (TPSA) is 46.2 Å². The lowest BCUT2D eigenvalue weighted by atomic mass is 10.0. The molecule has 1 atom stereocenters. The minimum atomic E-state index is -0.594. The van der Waals surface area contributed by atoms with E-state index in [2.05, 4.69) is 0 Å². The zero-order chi connectivity index (χ0) is 9.84. The third-order valence-electron chi connectivity index (χ3n) is 2.01. The van der Waals surface area contributed by atoms with Gasteiger partial charge in [0.25, 0.3) is 0 Å². The Morgan fingerprint density at radius 3 is 2.85 bits per heavy atom. The molecule has 1 unspecified atom stereocenters. The van der Waals surface area contributed by atoms with Gasteiger partial charge in [-0.05, 0) is 12.5 Å². The number of hydrogen-bond donors (Lipinski definition) is 2. The summed E-state index contributed by atoms with van der Waals surface area (Å²) in [6.45, 7) is 1.99. The predicted octanol–water partition coefficient (Wildman–Crippen LogP) is 2.33. The van der Waals surface area contributed by atoms with E-state index in [1.807, 2.05) is 6.92 Å². The van der Waals surface area contributed by atoms with Gasteiger partial charge in [0.05, 0.1) is 0 Å². The van der Waals surface area contributed by atoms with Crippen molar-refractivity contribution < 1.29 is 9.50 Å². The van der Waals surface area contributed by atoms with E-state index in [9.17, 15) is 4.39 Å². The SMILES string of the molecule is CCCC(N)c1cccc(O)c1F. The second-order valence-electron chi connectivity index (χ2n) is 3.08. The number of rotatable bonds is 3. The number of hydrogen-bond acceptors (Lipinski definition) is 2. The lowest BCUT2D eigenvalue weighted by Gasteiger charge is -2.11. The lowest BCUT2D eigenvalue weighted by molar-refractivity contribution is 0.423. The molecule has 0 aliphatic heterocycles. The molecule has 3 N–H and O–H groups in total. The molecule has 1 rings (SSSR count). The van der Waals surface area contributed by atoms with Crippen LogP contribution in [0.3, 0.4) is 0 Å². The molecule has 3 heteroatoms. The van der Waals surface area contributed by atoms with Gasteiger partial charge in [0.1, 0.15) is 0 Å². The van der Waals surface area contributed by atoms with Crippen molar-refractivity contribution in [2.24, 2.45) is 5.73 Å². The number of benzene rings is 1. The highest BCUT2D eigenvalue weighted by molar-refractivity contribution is 5.31. The highest BCUT2D eigenvalue weighted by Gasteiger charge is 2.12. The van der Waals surface area contributed by atoms with Crippen LogP contribution in [0.1, 0.15) is 31.4 Å². The fourth-order valence-corrected chi connectivity index (χ4v) is 1.29. The first kappa shape index (κ1) is 9.99. The fourth-order valence-electron chi connectivity index (χ4n) is 1.29. The summed E-state index contributed by atoms with van der Waals surface area (Å²) in [4.78, 5) is 0. The second kappa shape index (κ2) is 4.23. The maximum atomic E-state index is 13.2. The molecule has 0 amide bonds. The first-order chi connectivity index (χ1) is 6.16. The van der Waals surface area contributed by atoms with Crippen LogP contribution < -0.4 is 5.73 Å². The van der Waals surface area contributed by atoms with Crippen molar-refractivity contribution in [3.05, 3.63) is 29.6 Å². The fraction of sp³-hybridized carbons (Fsp3) is 0.400. The Labute approximate surface area is 77.2 Å². The van der Waals surface area contributed by atoms with Crippen LogP contribution in [-0.4, -0.2) is 5.11 Å². The average Bonchev–Trinajstić information content (AvgIpc) is 2.10. The van der Waals surface area contributed by atoms with E-state index < -0.39 is 5.82 Å². The second-order valence-corrected chi connectivity index (χ2v) is 3.08. The molecule has 1 aromatic carbocycles. The summed E-state index contributed by atoms with van der Waals surface area (Å²) >= 11 is 0. The Kier molecular flexibility index (Phi) is 3.25. The summed E-state index contributed by atoms with van der Waals surface area (Å²) in [5.41, 5.74) is 6.11. The molecule has 1 aromatic rings. The Hall–Kier alpha value is -1.09. The molecule has 13 heavy (non-hydrogen) atoms. The molecule has 0 aliphatic rings. The Balaban J connectivity index is 2.93. The minimum absolute atomic E-state index is 0.322. The third kappa shape index (κ3) is 2.18. The standard InChI is InChI=1S/C10H14FNO/c1-2-4-8(12)7-5-3-6-9(13)10(7)11/h3,5-6,8,13H,2,4,12H2,1H3. The van der Waals surface area contributed by atoms with Crippen molar-refractivity contribution in [1.82, 2.24) is 0 Å². The normalized spacial score (nSPS) is 12.8. The lowest BCUT2D eigenvalue weighted by Crippen LogP contribution is -2.11. The molecule has 0 heterocycles. The molecular weight excluding hydrogens is 169 g/mol. The van der Waals surface area contributed by atoms with Gasteiger partial charge < -0.3 is 10.8 Å². The quantitative estimate of drug-likeness (QED) is 0.755. The molecule has 0 fully saturated rings. The van der Waals surface area contributed by atoms with Crippen molar-refractivity contribution in [2.45, 2.75) is 25.8 Å². The van der Waals surface area contributed by atoms with Gasteiger partial charge in [0.15, 0.2) is 11.6 Å². The van der Waals surface area contributed by atoms with Gasteiger partial charge in [-0.2, -0.15) is 0 Å². The van der Waals surface area contributed by atoms with Gasteiger partial charge in [-0.25, -0.2) is 4.39 Å². The van der Waals surface area contributed by atoms with E-state index in [0.29, 0.717) is 5.56 Å². The van der Waals surface area contributed by atoms with Gasteiger partial charge in [-0.3, -0.25) is 0 Å². The molecule has 0 radical (unpaired) electrons. The van der Waals surface area contributed by atoms with Gasteiger partial charge in [0, 0.05) is 11.6 Å². The number of nitrogens with two attached hydrogens (primary N) is 1. The number of phenols is 1. The summed E-state index contributed by atoms with van der Waals surface area (Å²) in [5, 5.41) is 9.09. The van der Waals surface area contributed by atoms with Crippen LogP contribution in [0.15, 0.2) is 18.2 Å². The van der Waals surface area contributed by atoms with Crippen LogP contribution in [-0.2, 0) is 0 Å². The van der Waals surface area contributed by atoms with E-state index >= 15 is 0 Å². The summed E-state index contributed by atoms with van der Waals surface area (Å²) < 4.78 is 13.2. The van der Waals surface area contributed by atoms with Crippen molar-refractivity contribution in [2.75, 3.05) is 0 Å². The molecule has 2 nitrogen and oxygen atoms in total. The summed E-state index contributed by atoms with van der Waals surface area (Å²) in [7, 11) is 0. The molecule has 0 aromatic heterocycles. The Bertz CT molecular complexity index is 288. The van der Waals surface area contributed by atoms with E-state index in [1.165, 1.54) is 6.07 Å². The highest BCUT2D eigenvalue weighted by Crippen LogP contribution is 2.24. The first-order valence-corrected chi connectivity index (χ1v) is 4.39. The van der Waals surface area contributed by atoms with Gasteiger partial charge in [-0.15, -0.1) is 0 Å². The number of aromatic hydroxyl groups is 1. The number of phenolic OH excluding ortho intramolecular Hbond substituents is 1. The summed E-state index contributed by atoms with van der Waals surface area (Å²) in [6, 6.07) is 4.20. The largest absolute Gasteiger partial charge is 0.505 e.